The van der Waals surface area contributed by atoms with E-state index in [4.69, 9.17) is 16.7 Å². The molecule has 0 bridgehead atoms. The second kappa shape index (κ2) is 6.13. The Bertz CT molecular complexity index is 819. The molecule has 0 atom stereocenters. The highest BCUT2D eigenvalue weighted by Crippen LogP contribution is 2.27. The summed E-state index contributed by atoms with van der Waals surface area (Å²) in [6.45, 7) is 3.94. The molecule has 0 aliphatic heterocycles. The molecule has 0 N–H and O–H groups in total. The van der Waals surface area contributed by atoms with E-state index in [-0.39, 0.29) is 0 Å². The molecule has 0 unspecified atom stereocenters. The lowest BCUT2D eigenvalue weighted by molar-refractivity contribution is 0.393. The van der Waals surface area contributed by atoms with Crippen molar-refractivity contribution in [1.29, 1.82) is 0 Å². The van der Waals surface area contributed by atoms with E-state index in [1.165, 1.54) is 11.3 Å². The summed E-state index contributed by atoms with van der Waals surface area (Å²) in [6, 6.07) is 10.0. The maximum atomic E-state index is 5.42. The summed E-state index contributed by atoms with van der Waals surface area (Å²) in [4.78, 5) is 0. The summed E-state index contributed by atoms with van der Waals surface area (Å²) < 4.78 is 8.57. The topological polar surface area (TPSA) is 43.9 Å². The highest BCUT2D eigenvalue weighted by Gasteiger charge is 2.09. The van der Waals surface area contributed by atoms with Gasteiger partial charge < -0.3 is 4.52 Å². The van der Waals surface area contributed by atoms with Crippen molar-refractivity contribution in [3.8, 4) is 5.69 Å². The average molecular weight is 335 g/mol. The van der Waals surface area contributed by atoms with Gasteiger partial charge in [-0.1, -0.05) is 46.5 Å². The molecule has 0 radical (unpaired) electrons. The van der Waals surface area contributed by atoms with Gasteiger partial charge in [0.15, 0.2) is 8.29 Å². The predicted octanol–water partition coefficient (Wildman–Crippen LogP) is 4.56. The molecular formula is C14H13N3OS3. The molecule has 3 aromatic rings. The average Bonchev–Trinajstić information content (AvgIpc) is 3.03. The first-order chi connectivity index (χ1) is 10.1. The number of hydrogen-bond acceptors (Lipinski definition) is 6. The van der Waals surface area contributed by atoms with Crippen molar-refractivity contribution in [2.45, 2.75) is 23.9 Å². The largest absolute Gasteiger partial charge is 0.361 e. The highest BCUT2D eigenvalue weighted by molar-refractivity contribution is 8.00. The van der Waals surface area contributed by atoms with Crippen molar-refractivity contribution in [3.63, 3.8) is 0 Å². The zero-order valence-corrected chi connectivity index (χ0v) is 14.0. The van der Waals surface area contributed by atoms with Crippen molar-refractivity contribution in [3.05, 3.63) is 51.3 Å². The van der Waals surface area contributed by atoms with Gasteiger partial charge in [-0.15, -0.1) is 5.10 Å². The van der Waals surface area contributed by atoms with Crippen LogP contribution < -0.4 is 0 Å². The molecule has 0 aliphatic carbocycles. The van der Waals surface area contributed by atoms with Crippen molar-refractivity contribution in [1.82, 2.24) is 14.9 Å². The van der Waals surface area contributed by atoms with Crippen molar-refractivity contribution >= 4 is 35.3 Å². The Morgan fingerprint density at radius 1 is 1.33 bits per heavy atom. The molecule has 3 rings (SSSR count). The molecule has 2 heterocycles. The summed E-state index contributed by atoms with van der Waals surface area (Å²) in [5, 5.41) is 8.58. The summed E-state index contributed by atoms with van der Waals surface area (Å²) in [6.07, 6.45) is 0. The maximum absolute atomic E-state index is 5.42. The van der Waals surface area contributed by atoms with Gasteiger partial charge in [0.25, 0.3) is 0 Å². The quantitative estimate of drug-likeness (QED) is 0.516. The van der Waals surface area contributed by atoms with E-state index in [0.717, 1.165) is 36.8 Å². The minimum Gasteiger partial charge on any atom is -0.361 e. The first-order valence-corrected chi connectivity index (χ1v) is 8.55. The van der Waals surface area contributed by atoms with Crippen LogP contribution in [0.4, 0.5) is 0 Å². The van der Waals surface area contributed by atoms with Crippen LogP contribution in [0.2, 0.25) is 0 Å². The van der Waals surface area contributed by atoms with Crippen LogP contribution in [-0.2, 0) is 5.75 Å². The maximum Gasteiger partial charge on any atom is 0.184 e. The van der Waals surface area contributed by atoms with E-state index in [1.54, 1.807) is 11.8 Å². The van der Waals surface area contributed by atoms with Gasteiger partial charge in [0.1, 0.15) is 5.76 Å². The number of nitrogens with zero attached hydrogens (tertiary/aromatic N) is 3. The summed E-state index contributed by atoms with van der Waals surface area (Å²) in [5.74, 6) is 1.55. The zero-order chi connectivity index (χ0) is 14.8. The smallest absolute Gasteiger partial charge is 0.184 e. The van der Waals surface area contributed by atoms with Crippen LogP contribution in [0.15, 0.2) is 39.2 Å². The third-order valence-corrected chi connectivity index (χ3v) is 5.29. The summed E-state index contributed by atoms with van der Waals surface area (Å²) in [7, 11) is 0. The van der Waals surface area contributed by atoms with Gasteiger partial charge in [0.05, 0.1) is 11.4 Å². The molecule has 1 aromatic carbocycles. The highest BCUT2D eigenvalue weighted by atomic mass is 32.2. The normalized spacial score (nSPS) is 11.0. The van der Waals surface area contributed by atoms with Gasteiger partial charge in [0.2, 0.25) is 0 Å². The Morgan fingerprint density at radius 3 is 2.86 bits per heavy atom. The zero-order valence-electron chi connectivity index (χ0n) is 11.6. The van der Waals surface area contributed by atoms with Gasteiger partial charge in [-0.25, -0.2) is 4.68 Å². The van der Waals surface area contributed by atoms with Crippen LogP contribution in [0.25, 0.3) is 5.69 Å². The third kappa shape index (κ3) is 3.25. The fourth-order valence-corrected chi connectivity index (χ4v) is 4.12. The molecule has 7 heteroatoms. The first-order valence-electron chi connectivity index (χ1n) is 6.34. The van der Waals surface area contributed by atoms with Crippen LogP contribution in [0.1, 0.15) is 17.0 Å². The number of thioether (sulfide) groups is 1. The van der Waals surface area contributed by atoms with E-state index in [2.05, 4.69) is 23.2 Å². The second-order valence-corrected chi connectivity index (χ2v) is 7.39. The lowest BCUT2D eigenvalue weighted by Crippen LogP contribution is -1.98. The summed E-state index contributed by atoms with van der Waals surface area (Å²) in [5.41, 5.74) is 3.10. The number of benzene rings is 1. The molecule has 21 heavy (non-hydrogen) atoms. The number of aromatic nitrogens is 3. The third-order valence-electron chi connectivity index (χ3n) is 2.89. The van der Waals surface area contributed by atoms with Gasteiger partial charge in [0, 0.05) is 11.8 Å². The fourth-order valence-electron chi connectivity index (χ4n) is 1.89. The molecule has 0 saturated carbocycles. The molecule has 0 fully saturated rings. The second-order valence-electron chi connectivity index (χ2n) is 4.55. The van der Waals surface area contributed by atoms with Crippen molar-refractivity contribution < 1.29 is 4.52 Å². The Balaban J connectivity index is 1.82. The van der Waals surface area contributed by atoms with Crippen LogP contribution >= 0.6 is 35.3 Å². The van der Waals surface area contributed by atoms with Crippen LogP contribution in [0, 0.1) is 17.8 Å². The van der Waals surface area contributed by atoms with E-state index >= 15 is 0 Å². The summed E-state index contributed by atoms with van der Waals surface area (Å²) >= 11 is 8.56. The predicted molar refractivity (Wildman–Crippen MR) is 87.8 cm³/mol. The molecule has 2 aromatic heterocycles. The van der Waals surface area contributed by atoms with E-state index in [1.807, 2.05) is 35.9 Å². The van der Waals surface area contributed by atoms with Crippen LogP contribution in [-0.4, -0.2) is 14.9 Å². The molecule has 0 spiro atoms. The monoisotopic (exact) mass is 335 g/mol. The molecule has 0 aliphatic rings. The van der Waals surface area contributed by atoms with Crippen molar-refractivity contribution in [2.75, 3.05) is 0 Å². The Kier molecular flexibility index (Phi) is 4.23. The number of para-hydroxylation sites is 1. The molecule has 0 amide bonds. The standard InChI is InChI=1S/C14H13N3OS3/c1-9-5-3-4-6-12(9)17-14(19)21-13(15-17)20-8-11-7-10(2)18-16-11/h3-7H,8H2,1-2H3. The minimum absolute atomic E-state index is 0.730. The number of rotatable bonds is 4. The molecule has 108 valence electrons. The van der Waals surface area contributed by atoms with Gasteiger partial charge in [-0.2, -0.15) is 0 Å². The Morgan fingerprint density at radius 2 is 2.14 bits per heavy atom. The Hall–Kier alpha value is -1.44. The van der Waals surface area contributed by atoms with Gasteiger partial charge in [-0.3, -0.25) is 0 Å². The number of aryl methyl sites for hydroxylation is 2. The lowest BCUT2D eigenvalue weighted by atomic mass is 10.2. The fraction of sp³-hybridized carbons (Fsp3) is 0.214. The van der Waals surface area contributed by atoms with E-state index in [9.17, 15) is 0 Å². The molecule has 4 nitrogen and oxygen atoms in total. The Labute approximate surface area is 135 Å². The molecular weight excluding hydrogens is 322 g/mol. The van der Waals surface area contributed by atoms with Gasteiger partial charge in [-0.05, 0) is 37.7 Å². The first kappa shape index (κ1) is 14.5. The van der Waals surface area contributed by atoms with Crippen LogP contribution in [0.5, 0.6) is 0 Å². The number of hydrogen-bond donors (Lipinski definition) is 0. The SMILES string of the molecule is Cc1cc(CSc2nn(-c3ccccc3C)c(=S)s2)no1. The van der Waals surface area contributed by atoms with Crippen molar-refractivity contribution in [2.24, 2.45) is 0 Å². The van der Waals surface area contributed by atoms with E-state index < -0.39 is 0 Å². The van der Waals surface area contributed by atoms with Crippen LogP contribution in [0.3, 0.4) is 0 Å². The lowest BCUT2D eigenvalue weighted by Gasteiger charge is -2.03. The van der Waals surface area contributed by atoms with Gasteiger partial charge >= 0.3 is 0 Å². The molecule has 0 saturated heterocycles. The minimum atomic E-state index is 0.730. The van der Waals surface area contributed by atoms with E-state index in [0.29, 0.717) is 0 Å².